The molecule has 1 saturated heterocycles. The molecule has 2 fully saturated rings. The maximum Gasteiger partial charge on any atom is 0.226 e. The Morgan fingerprint density at radius 3 is 2.43 bits per heavy atom. The molecule has 0 radical (unpaired) electrons. The van der Waals surface area contributed by atoms with Gasteiger partial charge in [-0.3, -0.25) is 9.69 Å². The second kappa shape index (κ2) is 6.18. The fourth-order valence-electron chi connectivity index (χ4n) is 3.44. The van der Waals surface area contributed by atoms with Crippen molar-refractivity contribution in [3.05, 3.63) is 35.9 Å². The third-order valence-electron chi connectivity index (χ3n) is 4.64. The lowest BCUT2D eigenvalue weighted by molar-refractivity contribution is -0.134. The Kier molecular flexibility index (Phi) is 4.29. The molecule has 1 aliphatic carbocycles. The third-order valence-corrected chi connectivity index (χ3v) is 4.64. The summed E-state index contributed by atoms with van der Waals surface area (Å²) >= 11 is 0. The van der Waals surface area contributed by atoms with Crippen LogP contribution in [0.25, 0.3) is 0 Å². The molecule has 0 N–H and O–H groups in total. The first-order valence-electron chi connectivity index (χ1n) is 8.21. The summed E-state index contributed by atoms with van der Waals surface area (Å²) in [4.78, 5) is 17.2. The molecule has 0 unspecified atom stereocenters. The van der Waals surface area contributed by atoms with Crippen LogP contribution in [0.15, 0.2) is 30.3 Å². The summed E-state index contributed by atoms with van der Waals surface area (Å²) < 4.78 is 0. The molecule has 3 nitrogen and oxygen atoms in total. The van der Waals surface area contributed by atoms with Crippen molar-refractivity contribution >= 4 is 5.91 Å². The van der Waals surface area contributed by atoms with Crippen LogP contribution in [-0.2, 0) is 4.79 Å². The number of amides is 1. The monoisotopic (exact) mass is 286 g/mol. The summed E-state index contributed by atoms with van der Waals surface area (Å²) in [6, 6.07) is 10.5. The molecule has 2 aliphatic rings. The first-order valence-corrected chi connectivity index (χ1v) is 8.21. The largest absolute Gasteiger partial charge is 0.340 e. The van der Waals surface area contributed by atoms with Gasteiger partial charge in [0.05, 0.1) is 0 Å². The van der Waals surface area contributed by atoms with Crippen LogP contribution in [0.5, 0.6) is 0 Å². The molecule has 1 aliphatic heterocycles. The van der Waals surface area contributed by atoms with Crippen molar-refractivity contribution in [1.82, 2.24) is 9.80 Å². The lowest BCUT2D eigenvalue weighted by atomic mass is 10.1. The fourth-order valence-corrected chi connectivity index (χ4v) is 3.44. The van der Waals surface area contributed by atoms with Gasteiger partial charge in [0, 0.05) is 38.6 Å². The molecule has 1 saturated carbocycles. The van der Waals surface area contributed by atoms with Gasteiger partial charge in [-0.25, -0.2) is 0 Å². The van der Waals surface area contributed by atoms with E-state index in [4.69, 9.17) is 0 Å². The first-order chi connectivity index (χ1) is 10.1. The smallest absolute Gasteiger partial charge is 0.226 e. The summed E-state index contributed by atoms with van der Waals surface area (Å²) in [5, 5.41) is 0. The fraction of sp³-hybridized carbons (Fsp3) is 0.611. The van der Waals surface area contributed by atoms with Gasteiger partial charge in [-0.1, -0.05) is 44.2 Å². The molecule has 1 heterocycles. The molecule has 0 aromatic heterocycles. The Hall–Kier alpha value is -1.35. The van der Waals surface area contributed by atoms with Crippen LogP contribution in [0.3, 0.4) is 0 Å². The summed E-state index contributed by atoms with van der Waals surface area (Å²) in [6.45, 7) is 9.54. The van der Waals surface area contributed by atoms with Crippen molar-refractivity contribution in [1.29, 1.82) is 0 Å². The van der Waals surface area contributed by atoms with E-state index in [-0.39, 0.29) is 5.92 Å². The standard InChI is InChI=1S/C18H26N2O/c1-14(2)13-19-8-10-20(11-9-19)18(21)17-12-16(17)15-6-4-3-5-7-15/h3-7,14,16-17H,8-13H2,1-2H3/t16-,17+/m1/s1. The number of rotatable bonds is 4. The summed E-state index contributed by atoms with van der Waals surface area (Å²) in [7, 11) is 0. The van der Waals surface area contributed by atoms with E-state index in [1.165, 1.54) is 5.56 Å². The van der Waals surface area contributed by atoms with Gasteiger partial charge in [0.1, 0.15) is 0 Å². The van der Waals surface area contributed by atoms with Crippen molar-refractivity contribution in [3.8, 4) is 0 Å². The Balaban J connectivity index is 1.50. The molecule has 21 heavy (non-hydrogen) atoms. The molecule has 3 rings (SSSR count). The van der Waals surface area contributed by atoms with E-state index in [2.05, 4.69) is 47.9 Å². The molecule has 114 valence electrons. The molecule has 1 amide bonds. The van der Waals surface area contributed by atoms with Crippen molar-refractivity contribution < 1.29 is 4.79 Å². The summed E-state index contributed by atoms with van der Waals surface area (Å²) in [5.74, 6) is 1.79. The van der Waals surface area contributed by atoms with Gasteiger partial charge in [0.15, 0.2) is 0 Å². The molecule has 1 aromatic carbocycles. The number of carbonyl (C=O) groups excluding carboxylic acids is 1. The highest BCUT2D eigenvalue weighted by Gasteiger charge is 2.45. The van der Waals surface area contributed by atoms with Gasteiger partial charge >= 0.3 is 0 Å². The lowest BCUT2D eigenvalue weighted by Crippen LogP contribution is -2.50. The van der Waals surface area contributed by atoms with E-state index >= 15 is 0 Å². The number of hydrogen-bond donors (Lipinski definition) is 0. The zero-order valence-corrected chi connectivity index (χ0v) is 13.2. The SMILES string of the molecule is CC(C)CN1CCN(C(=O)[C@H]2C[C@@H]2c2ccccc2)CC1. The van der Waals surface area contributed by atoms with Gasteiger partial charge in [0.2, 0.25) is 5.91 Å². The highest BCUT2D eigenvalue weighted by molar-refractivity contribution is 5.83. The second-order valence-corrected chi connectivity index (χ2v) is 6.88. The highest BCUT2D eigenvalue weighted by Crippen LogP contribution is 2.48. The Morgan fingerprint density at radius 2 is 1.81 bits per heavy atom. The van der Waals surface area contributed by atoms with Crippen molar-refractivity contribution in [3.63, 3.8) is 0 Å². The van der Waals surface area contributed by atoms with Crippen LogP contribution >= 0.6 is 0 Å². The van der Waals surface area contributed by atoms with Gasteiger partial charge < -0.3 is 4.90 Å². The lowest BCUT2D eigenvalue weighted by Gasteiger charge is -2.35. The summed E-state index contributed by atoms with van der Waals surface area (Å²) in [5.41, 5.74) is 1.33. The normalized spacial score (nSPS) is 26.1. The minimum Gasteiger partial charge on any atom is -0.340 e. The quantitative estimate of drug-likeness (QED) is 0.849. The van der Waals surface area contributed by atoms with Gasteiger partial charge in [-0.2, -0.15) is 0 Å². The Labute approximate surface area is 127 Å². The zero-order valence-electron chi connectivity index (χ0n) is 13.2. The van der Waals surface area contributed by atoms with E-state index < -0.39 is 0 Å². The summed E-state index contributed by atoms with van der Waals surface area (Å²) in [6.07, 6.45) is 1.04. The van der Waals surface area contributed by atoms with Gasteiger partial charge in [-0.05, 0) is 23.8 Å². The topological polar surface area (TPSA) is 23.6 Å². The van der Waals surface area contributed by atoms with Gasteiger partial charge in [0.25, 0.3) is 0 Å². The first kappa shape index (κ1) is 14.6. The maximum absolute atomic E-state index is 12.6. The molecule has 0 spiro atoms. The predicted molar refractivity (Wildman–Crippen MR) is 85.1 cm³/mol. The molecule has 3 heteroatoms. The molecule has 2 atom stereocenters. The van der Waals surface area contributed by atoms with Crippen LogP contribution in [-0.4, -0.2) is 48.4 Å². The zero-order chi connectivity index (χ0) is 14.8. The van der Waals surface area contributed by atoms with E-state index in [9.17, 15) is 4.79 Å². The molecule has 0 bridgehead atoms. The van der Waals surface area contributed by atoms with Gasteiger partial charge in [-0.15, -0.1) is 0 Å². The van der Waals surface area contributed by atoms with Crippen LogP contribution in [0.2, 0.25) is 0 Å². The number of carbonyl (C=O) groups is 1. The molecular weight excluding hydrogens is 260 g/mol. The van der Waals surface area contributed by atoms with Crippen molar-refractivity contribution in [2.45, 2.75) is 26.2 Å². The predicted octanol–water partition coefficient (Wildman–Crippen LogP) is 2.59. The second-order valence-electron chi connectivity index (χ2n) is 6.88. The van der Waals surface area contributed by atoms with Crippen LogP contribution in [0, 0.1) is 11.8 Å². The van der Waals surface area contributed by atoms with E-state index in [1.54, 1.807) is 0 Å². The van der Waals surface area contributed by atoms with Crippen molar-refractivity contribution in [2.75, 3.05) is 32.7 Å². The number of hydrogen-bond acceptors (Lipinski definition) is 2. The third kappa shape index (κ3) is 3.46. The number of benzene rings is 1. The van der Waals surface area contributed by atoms with Crippen LogP contribution < -0.4 is 0 Å². The minimum atomic E-state index is 0.240. The van der Waals surface area contributed by atoms with Crippen LogP contribution in [0.4, 0.5) is 0 Å². The molecule has 1 aromatic rings. The van der Waals surface area contributed by atoms with E-state index in [0.717, 1.165) is 39.1 Å². The average molecular weight is 286 g/mol. The Bertz CT molecular complexity index is 477. The minimum absolute atomic E-state index is 0.240. The maximum atomic E-state index is 12.6. The van der Waals surface area contributed by atoms with E-state index in [1.807, 2.05) is 6.07 Å². The van der Waals surface area contributed by atoms with E-state index in [0.29, 0.717) is 17.7 Å². The average Bonchev–Trinajstić information content (AvgIpc) is 3.28. The Morgan fingerprint density at radius 1 is 1.14 bits per heavy atom. The van der Waals surface area contributed by atoms with Crippen LogP contribution in [0.1, 0.15) is 31.7 Å². The van der Waals surface area contributed by atoms with Crippen molar-refractivity contribution in [2.24, 2.45) is 11.8 Å². The number of piperazine rings is 1. The number of nitrogens with zero attached hydrogens (tertiary/aromatic N) is 2. The molecular formula is C18H26N2O. The highest BCUT2D eigenvalue weighted by atomic mass is 16.2.